The zero-order valence-corrected chi connectivity index (χ0v) is 7.30. The number of rotatable bonds is 2. The van der Waals surface area contributed by atoms with E-state index in [-0.39, 0.29) is 0 Å². The van der Waals surface area contributed by atoms with Gasteiger partial charge < -0.3 is 5.73 Å². The Balaban J connectivity index is 3.01. The minimum absolute atomic E-state index is 0.323. The van der Waals surface area contributed by atoms with Crippen LogP contribution in [0.25, 0.3) is 0 Å². The van der Waals surface area contributed by atoms with E-state index in [0.29, 0.717) is 10.6 Å². The largest absolute Gasteiger partial charge is 0.366 e. The topological polar surface area (TPSA) is 73.1 Å². The van der Waals surface area contributed by atoms with Crippen LogP contribution in [-0.4, -0.2) is 21.4 Å². The van der Waals surface area contributed by atoms with Gasteiger partial charge in [0.1, 0.15) is 5.03 Å². The molecule has 1 aromatic heterocycles. The first kappa shape index (κ1) is 8.86. The fourth-order valence-electron chi connectivity index (χ4n) is 0.696. The summed E-state index contributed by atoms with van der Waals surface area (Å²) >= 11 is 0. The molecule has 2 N–H and O–H groups in total. The monoisotopic (exact) mass is 184 g/mol. The Labute approximate surface area is 72.3 Å². The van der Waals surface area contributed by atoms with Crippen molar-refractivity contribution in [2.75, 3.05) is 6.26 Å². The van der Waals surface area contributed by atoms with E-state index in [1.165, 1.54) is 24.6 Å². The van der Waals surface area contributed by atoms with Crippen LogP contribution in [0.1, 0.15) is 10.4 Å². The zero-order valence-electron chi connectivity index (χ0n) is 6.48. The highest BCUT2D eigenvalue weighted by Gasteiger charge is 2.02. The SMILES string of the molecule is CS(=O)c1ccc(C(N)=O)cn1. The quantitative estimate of drug-likeness (QED) is 0.698. The van der Waals surface area contributed by atoms with Gasteiger partial charge in [-0.25, -0.2) is 4.98 Å². The number of primary amides is 1. The molecule has 1 heterocycles. The van der Waals surface area contributed by atoms with E-state index < -0.39 is 16.7 Å². The average Bonchev–Trinajstić information content (AvgIpc) is 2.04. The number of pyridine rings is 1. The van der Waals surface area contributed by atoms with Gasteiger partial charge in [-0.2, -0.15) is 0 Å². The summed E-state index contributed by atoms with van der Waals surface area (Å²) in [6.07, 6.45) is 2.84. The molecule has 4 nitrogen and oxygen atoms in total. The molecule has 0 fully saturated rings. The summed E-state index contributed by atoms with van der Waals surface area (Å²) in [5, 5.41) is 0.444. The van der Waals surface area contributed by atoms with Gasteiger partial charge in [-0.05, 0) is 12.1 Å². The molecular formula is C7H8N2O2S. The third-order valence-corrected chi connectivity index (χ3v) is 2.15. The van der Waals surface area contributed by atoms with Crippen LogP contribution in [0.3, 0.4) is 0 Å². The molecule has 5 heteroatoms. The highest BCUT2D eigenvalue weighted by Crippen LogP contribution is 2.02. The Morgan fingerprint density at radius 1 is 1.58 bits per heavy atom. The minimum atomic E-state index is -1.11. The molecule has 0 aromatic carbocycles. The van der Waals surface area contributed by atoms with Crippen LogP contribution in [0.5, 0.6) is 0 Å². The summed E-state index contributed by atoms with van der Waals surface area (Å²) in [7, 11) is -1.11. The predicted molar refractivity (Wildman–Crippen MR) is 45.1 cm³/mol. The molecule has 0 bridgehead atoms. The average molecular weight is 184 g/mol. The van der Waals surface area contributed by atoms with E-state index in [2.05, 4.69) is 4.98 Å². The lowest BCUT2D eigenvalue weighted by molar-refractivity contribution is 0.1000. The van der Waals surface area contributed by atoms with Crippen molar-refractivity contribution in [2.45, 2.75) is 5.03 Å². The number of carbonyl (C=O) groups excluding carboxylic acids is 1. The predicted octanol–water partition coefficient (Wildman–Crippen LogP) is -0.0821. The molecule has 1 unspecified atom stereocenters. The van der Waals surface area contributed by atoms with Crippen molar-refractivity contribution >= 4 is 16.7 Å². The summed E-state index contributed by atoms with van der Waals surface area (Å²) in [4.78, 5) is 14.4. The van der Waals surface area contributed by atoms with Crippen LogP contribution in [0.2, 0.25) is 0 Å². The van der Waals surface area contributed by atoms with Gasteiger partial charge in [-0.3, -0.25) is 9.00 Å². The third-order valence-electron chi connectivity index (χ3n) is 1.32. The number of nitrogens with two attached hydrogens (primary N) is 1. The van der Waals surface area contributed by atoms with Crippen molar-refractivity contribution in [3.05, 3.63) is 23.9 Å². The Kier molecular flexibility index (Phi) is 2.54. The molecule has 1 aromatic rings. The number of carbonyl (C=O) groups is 1. The lowest BCUT2D eigenvalue weighted by atomic mass is 10.3. The van der Waals surface area contributed by atoms with E-state index in [1.54, 1.807) is 0 Å². The number of hydrogen-bond donors (Lipinski definition) is 1. The Morgan fingerprint density at radius 3 is 2.58 bits per heavy atom. The molecule has 0 radical (unpaired) electrons. The number of aromatic nitrogens is 1. The summed E-state index contributed by atoms with van der Waals surface area (Å²) in [5.41, 5.74) is 5.31. The minimum Gasteiger partial charge on any atom is -0.366 e. The van der Waals surface area contributed by atoms with E-state index in [1.807, 2.05) is 0 Å². The van der Waals surface area contributed by atoms with Gasteiger partial charge in [-0.1, -0.05) is 0 Å². The molecule has 0 saturated carbocycles. The summed E-state index contributed by atoms with van der Waals surface area (Å²) in [5.74, 6) is -0.532. The third kappa shape index (κ3) is 1.88. The van der Waals surface area contributed by atoms with E-state index >= 15 is 0 Å². The molecule has 1 rings (SSSR count). The fraction of sp³-hybridized carbons (Fsp3) is 0.143. The first-order valence-electron chi connectivity index (χ1n) is 3.20. The molecule has 0 aliphatic carbocycles. The Morgan fingerprint density at radius 2 is 2.25 bits per heavy atom. The number of nitrogens with zero attached hydrogens (tertiary/aromatic N) is 1. The van der Waals surface area contributed by atoms with E-state index in [9.17, 15) is 9.00 Å². The van der Waals surface area contributed by atoms with Crippen LogP contribution >= 0.6 is 0 Å². The molecule has 0 aliphatic rings. The van der Waals surface area contributed by atoms with Gasteiger partial charge in [0.05, 0.1) is 16.4 Å². The maximum absolute atomic E-state index is 10.9. The molecule has 12 heavy (non-hydrogen) atoms. The molecule has 64 valence electrons. The summed E-state index contributed by atoms with van der Waals surface area (Å²) in [6.45, 7) is 0. The van der Waals surface area contributed by atoms with E-state index in [4.69, 9.17) is 5.73 Å². The van der Waals surface area contributed by atoms with E-state index in [0.717, 1.165) is 0 Å². The van der Waals surface area contributed by atoms with Crippen LogP contribution < -0.4 is 5.73 Å². The molecule has 1 atom stereocenters. The molecule has 1 amide bonds. The molecular weight excluding hydrogens is 176 g/mol. The van der Waals surface area contributed by atoms with Gasteiger partial charge in [0.25, 0.3) is 0 Å². The van der Waals surface area contributed by atoms with Gasteiger partial charge in [0.2, 0.25) is 5.91 Å². The highest BCUT2D eigenvalue weighted by molar-refractivity contribution is 7.84. The number of amides is 1. The van der Waals surface area contributed by atoms with Crippen molar-refractivity contribution < 1.29 is 9.00 Å². The molecule has 0 spiro atoms. The van der Waals surface area contributed by atoms with Crippen LogP contribution in [0.4, 0.5) is 0 Å². The Hall–Kier alpha value is -1.23. The van der Waals surface area contributed by atoms with Crippen LogP contribution in [-0.2, 0) is 10.8 Å². The zero-order chi connectivity index (χ0) is 9.14. The van der Waals surface area contributed by atoms with Gasteiger partial charge in [0, 0.05) is 12.5 Å². The normalized spacial score (nSPS) is 12.4. The van der Waals surface area contributed by atoms with Crippen molar-refractivity contribution in [1.82, 2.24) is 4.98 Å². The standard InChI is InChI=1S/C7H8N2O2S/c1-12(11)6-3-2-5(4-9-6)7(8)10/h2-4H,1H3,(H2,8,10). The highest BCUT2D eigenvalue weighted by atomic mass is 32.2. The van der Waals surface area contributed by atoms with Crippen molar-refractivity contribution in [1.29, 1.82) is 0 Å². The first-order valence-corrected chi connectivity index (χ1v) is 4.76. The van der Waals surface area contributed by atoms with Gasteiger partial charge in [-0.15, -0.1) is 0 Å². The lowest BCUT2D eigenvalue weighted by Gasteiger charge is -1.96. The fourth-order valence-corrected chi connectivity index (χ4v) is 1.16. The van der Waals surface area contributed by atoms with Crippen molar-refractivity contribution in [3.8, 4) is 0 Å². The van der Waals surface area contributed by atoms with Crippen molar-refractivity contribution in [3.63, 3.8) is 0 Å². The molecule has 0 aliphatic heterocycles. The van der Waals surface area contributed by atoms with Gasteiger partial charge >= 0.3 is 0 Å². The Bertz CT molecular complexity index is 288. The maximum Gasteiger partial charge on any atom is 0.250 e. The smallest absolute Gasteiger partial charge is 0.250 e. The van der Waals surface area contributed by atoms with Crippen LogP contribution in [0.15, 0.2) is 23.4 Å². The summed E-state index contributed by atoms with van der Waals surface area (Å²) in [6, 6.07) is 3.03. The summed E-state index contributed by atoms with van der Waals surface area (Å²) < 4.78 is 10.9. The van der Waals surface area contributed by atoms with Gasteiger partial charge in [0.15, 0.2) is 0 Å². The second kappa shape index (κ2) is 3.44. The second-order valence-corrected chi connectivity index (χ2v) is 3.53. The lowest BCUT2D eigenvalue weighted by Crippen LogP contribution is -2.11. The first-order chi connectivity index (χ1) is 5.61. The van der Waals surface area contributed by atoms with Crippen molar-refractivity contribution in [2.24, 2.45) is 5.73 Å². The maximum atomic E-state index is 10.9. The molecule has 0 saturated heterocycles. The number of hydrogen-bond acceptors (Lipinski definition) is 3. The second-order valence-electron chi connectivity index (χ2n) is 2.20. The van der Waals surface area contributed by atoms with Crippen LogP contribution in [0, 0.1) is 0 Å².